The summed E-state index contributed by atoms with van der Waals surface area (Å²) >= 11 is 0. The Hall–Kier alpha value is -0.120. The first-order chi connectivity index (χ1) is 7.31. The van der Waals surface area contributed by atoms with Gasteiger partial charge in [0.1, 0.15) is 0 Å². The van der Waals surface area contributed by atoms with E-state index in [-0.39, 0.29) is 19.3 Å². The summed E-state index contributed by atoms with van der Waals surface area (Å²) < 4.78 is 0. The van der Waals surface area contributed by atoms with Crippen LogP contribution in [-0.2, 0) is 0 Å². The maximum atomic E-state index is 9.03. The Morgan fingerprint density at radius 2 is 2.00 bits per heavy atom. The molecule has 90 valence electrons. The van der Waals surface area contributed by atoms with Gasteiger partial charge in [-0.25, -0.2) is 0 Å². The highest BCUT2D eigenvalue weighted by molar-refractivity contribution is 4.85. The van der Waals surface area contributed by atoms with Crippen LogP contribution in [0, 0.1) is 5.92 Å². The number of nitrogens with one attached hydrogen (secondary N) is 1. The molecule has 0 bridgehead atoms. The van der Waals surface area contributed by atoms with E-state index in [9.17, 15) is 0 Å². The zero-order valence-corrected chi connectivity index (χ0v) is 9.78. The van der Waals surface area contributed by atoms with Gasteiger partial charge in [0.25, 0.3) is 0 Å². The molecule has 2 atom stereocenters. The minimum atomic E-state index is -0.128. The topological polar surface area (TPSA) is 52.5 Å². The van der Waals surface area contributed by atoms with Crippen molar-refractivity contribution in [3.63, 3.8) is 0 Å². The highest BCUT2D eigenvalue weighted by Crippen LogP contribution is 2.30. The van der Waals surface area contributed by atoms with Crippen LogP contribution in [0.4, 0.5) is 0 Å². The molecule has 0 amide bonds. The molecule has 0 aliphatic heterocycles. The van der Waals surface area contributed by atoms with E-state index >= 15 is 0 Å². The Morgan fingerprint density at radius 3 is 2.60 bits per heavy atom. The van der Waals surface area contributed by atoms with Gasteiger partial charge in [0, 0.05) is 6.04 Å². The fraction of sp³-hybridized carbons (Fsp3) is 1.00. The lowest BCUT2D eigenvalue weighted by atomic mass is 9.96. The lowest BCUT2D eigenvalue weighted by Gasteiger charge is -2.25. The molecule has 0 radical (unpaired) electrons. The Morgan fingerprint density at radius 1 is 1.27 bits per heavy atom. The van der Waals surface area contributed by atoms with Gasteiger partial charge in [-0.3, -0.25) is 0 Å². The van der Waals surface area contributed by atoms with E-state index in [0.717, 1.165) is 5.92 Å². The van der Waals surface area contributed by atoms with Crippen LogP contribution >= 0.6 is 0 Å². The molecule has 0 aromatic rings. The second kappa shape index (κ2) is 7.20. The number of hydrogen-bond donors (Lipinski definition) is 3. The fourth-order valence-corrected chi connectivity index (χ4v) is 2.53. The molecular weight excluding hydrogens is 190 g/mol. The largest absolute Gasteiger partial charge is 0.395 e. The Kier molecular flexibility index (Phi) is 6.22. The fourth-order valence-electron chi connectivity index (χ4n) is 2.53. The van der Waals surface area contributed by atoms with Crippen molar-refractivity contribution >= 4 is 0 Å². The van der Waals surface area contributed by atoms with E-state index in [1.807, 2.05) is 0 Å². The van der Waals surface area contributed by atoms with Gasteiger partial charge in [-0.15, -0.1) is 0 Å². The SMILES string of the molecule is CCCCC1CCCC1NC(CO)CO. The molecule has 15 heavy (non-hydrogen) atoms. The predicted molar refractivity (Wildman–Crippen MR) is 61.7 cm³/mol. The lowest BCUT2D eigenvalue weighted by Crippen LogP contribution is -2.44. The summed E-state index contributed by atoms with van der Waals surface area (Å²) in [6.45, 7) is 2.29. The molecule has 1 rings (SSSR count). The van der Waals surface area contributed by atoms with E-state index in [1.54, 1.807) is 0 Å². The highest BCUT2D eigenvalue weighted by atomic mass is 16.3. The predicted octanol–water partition coefficient (Wildman–Crippen LogP) is 1.29. The van der Waals surface area contributed by atoms with Crippen LogP contribution in [0.15, 0.2) is 0 Å². The molecule has 3 nitrogen and oxygen atoms in total. The van der Waals surface area contributed by atoms with Gasteiger partial charge in [-0.05, 0) is 25.2 Å². The molecule has 3 N–H and O–H groups in total. The molecule has 0 aromatic heterocycles. The smallest absolute Gasteiger partial charge is 0.0607 e. The average Bonchev–Trinajstić information content (AvgIpc) is 2.70. The number of aliphatic hydroxyl groups excluding tert-OH is 2. The van der Waals surface area contributed by atoms with E-state index in [4.69, 9.17) is 10.2 Å². The van der Waals surface area contributed by atoms with Crippen molar-refractivity contribution in [3.8, 4) is 0 Å². The summed E-state index contributed by atoms with van der Waals surface area (Å²) in [5.41, 5.74) is 0. The number of aliphatic hydroxyl groups is 2. The Bertz CT molecular complexity index is 160. The van der Waals surface area contributed by atoms with Crippen molar-refractivity contribution in [2.45, 2.75) is 57.5 Å². The van der Waals surface area contributed by atoms with Crippen molar-refractivity contribution in [1.29, 1.82) is 0 Å². The van der Waals surface area contributed by atoms with Crippen LogP contribution in [-0.4, -0.2) is 35.5 Å². The molecule has 1 saturated carbocycles. The number of rotatable bonds is 7. The van der Waals surface area contributed by atoms with Crippen molar-refractivity contribution in [3.05, 3.63) is 0 Å². The third-order valence-electron chi connectivity index (χ3n) is 3.48. The molecule has 0 spiro atoms. The van der Waals surface area contributed by atoms with E-state index in [2.05, 4.69) is 12.2 Å². The zero-order valence-electron chi connectivity index (χ0n) is 9.78. The van der Waals surface area contributed by atoms with Gasteiger partial charge >= 0.3 is 0 Å². The van der Waals surface area contributed by atoms with Crippen LogP contribution < -0.4 is 5.32 Å². The van der Waals surface area contributed by atoms with Crippen molar-refractivity contribution < 1.29 is 10.2 Å². The molecule has 1 fully saturated rings. The second-order valence-corrected chi connectivity index (χ2v) is 4.67. The maximum absolute atomic E-state index is 9.03. The first-order valence-corrected chi connectivity index (χ1v) is 6.29. The normalized spacial score (nSPS) is 26.4. The monoisotopic (exact) mass is 215 g/mol. The molecule has 0 heterocycles. The van der Waals surface area contributed by atoms with Crippen molar-refractivity contribution in [2.24, 2.45) is 5.92 Å². The van der Waals surface area contributed by atoms with Gasteiger partial charge in [-0.2, -0.15) is 0 Å². The summed E-state index contributed by atoms with van der Waals surface area (Å²) in [4.78, 5) is 0. The molecule has 1 aliphatic carbocycles. The van der Waals surface area contributed by atoms with Crippen LogP contribution in [0.5, 0.6) is 0 Å². The van der Waals surface area contributed by atoms with Crippen LogP contribution in [0.3, 0.4) is 0 Å². The summed E-state index contributed by atoms with van der Waals surface area (Å²) in [6.07, 6.45) is 7.64. The number of hydrogen-bond acceptors (Lipinski definition) is 3. The maximum Gasteiger partial charge on any atom is 0.0607 e. The van der Waals surface area contributed by atoms with Crippen LogP contribution in [0.25, 0.3) is 0 Å². The van der Waals surface area contributed by atoms with E-state index < -0.39 is 0 Å². The third kappa shape index (κ3) is 4.09. The second-order valence-electron chi connectivity index (χ2n) is 4.67. The zero-order chi connectivity index (χ0) is 11.1. The summed E-state index contributed by atoms with van der Waals surface area (Å²) in [7, 11) is 0. The highest BCUT2D eigenvalue weighted by Gasteiger charge is 2.27. The summed E-state index contributed by atoms with van der Waals surface area (Å²) in [5.74, 6) is 0.755. The first kappa shape index (κ1) is 12.9. The molecule has 0 aromatic carbocycles. The molecule has 1 aliphatic rings. The van der Waals surface area contributed by atoms with Crippen LogP contribution in [0.2, 0.25) is 0 Å². The quantitative estimate of drug-likeness (QED) is 0.600. The van der Waals surface area contributed by atoms with Crippen molar-refractivity contribution in [1.82, 2.24) is 5.32 Å². The molecule has 0 saturated heterocycles. The van der Waals surface area contributed by atoms with Gasteiger partial charge in [0.2, 0.25) is 0 Å². The Labute approximate surface area is 92.9 Å². The molecule has 2 unspecified atom stereocenters. The summed E-state index contributed by atoms with van der Waals surface area (Å²) in [5, 5.41) is 21.4. The van der Waals surface area contributed by atoms with Crippen molar-refractivity contribution in [2.75, 3.05) is 13.2 Å². The first-order valence-electron chi connectivity index (χ1n) is 6.29. The number of unbranched alkanes of at least 4 members (excludes halogenated alkanes) is 1. The van der Waals surface area contributed by atoms with E-state index in [0.29, 0.717) is 6.04 Å². The van der Waals surface area contributed by atoms with Gasteiger partial charge in [-0.1, -0.05) is 26.2 Å². The van der Waals surface area contributed by atoms with Gasteiger partial charge < -0.3 is 15.5 Å². The minimum absolute atomic E-state index is 0.0352. The van der Waals surface area contributed by atoms with Crippen LogP contribution in [0.1, 0.15) is 45.4 Å². The Balaban J connectivity index is 2.31. The average molecular weight is 215 g/mol. The minimum Gasteiger partial charge on any atom is -0.395 e. The molecule has 3 heteroatoms. The van der Waals surface area contributed by atoms with E-state index in [1.165, 1.54) is 38.5 Å². The van der Waals surface area contributed by atoms with Gasteiger partial charge in [0.05, 0.1) is 19.3 Å². The lowest BCUT2D eigenvalue weighted by molar-refractivity contribution is 0.154. The molecular formula is C12H25NO2. The standard InChI is InChI=1S/C12H25NO2/c1-2-3-5-10-6-4-7-12(10)13-11(8-14)9-15/h10-15H,2-9H2,1H3. The van der Waals surface area contributed by atoms with Gasteiger partial charge in [0.15, 0.2) is 0 Å². The third-order valence-corrected chi connectivity index (χ3v) is 3.48. The summed E-state index contributed by atoms with van der Waals surface area (Å²) in [6, 6.07) is 0.387.